The van der Waals surface area contributed by atoms with Crippen LogP contribution in [-0.2, 0) is 6.42 Å². The molecule has 0 fully saturated rings. The van der Waals surface area contributed by atoms with E-state index in [1.807, 2.05) is 48.8 Å². The van der Waals surface area contributed by atoms with Crippen LogP contribution in [0.15, 0.2) is 73.1 Å². The van der Waals surface area contributed by atoms with E-state index >= 15 is 0 Å². The molecular weight excluding hydrogens is 342 g/mol. The van der Waals surface area contributed by atoms with Gasteiger partial charge in [0.1, 0.15) is 0 Å². The number of rotatable bonds is 8. The first-order valence-corrected chi connectivity index (χ1v) is 9.40. The minimum Gasteiger partial charge on any atom is -0.314 e. The van der Waals surface area contributed by atoms with Gasteiger partial charge in [-0.15, -0.1) is 0 Å². The van der Waals surface area contributed by atoms with Crippen molar-refractivity contribution >= 4 is 11.6 Å². The Morgan fingerprint density at radius 3 is 2.04 bits per heavy atom. The molecule has 0 saturated heterocycles. The zero-order chi connectivity index (χ0) is 18.2. The number of hydrogen-bond acceptors (Lipinski definition) is 3. The van der Waals surface area contributed by atoms with E-state index < -0.39 is 0 Å². The average Bonchev–Trinajstić information content (AvgIpc) is 2.68. The Hall–Kier alpha value is -2.23. The maximum atomic E-state index is 5.96. The second kappa shape index (κ2) is 9.46. The van der Waals surface area contributed by atoms with Crippen molar-refractivity contribution in [3.63, 3.8) is 0 Å². The van der Waals surface area contributed by atoms with Crippen molar-refractivity contribution in [3.05, 3.63) is 95.0 Å². The summed E-state index contributed by atoms with van der Waals surface area (Å²) >= 11 is 5.96. The molecule has 3 nitrogen and oxygen atoms in total. The molecule has 0 amide bonds. The van der Waals surface area contributed by atoms with Crippen molar-refractivity contribution in [2.75, 3.05) is 6.54 Å². The van der Waals surface area contributed by atoms with E-state index in [4.69, 9.17) is 11.6 Å². The van der Waals surface area contributed by atoms with Crippen LogP contribution in [0.25, 0.3) is 0 Å². The Kier molecular flexibility index (Phi) is 6.75. The predicted octanol–water partition coefficient (Wildman–Crippen LogP) is 4.87. The monoisotopic (exact) mass is 365 g/mol. The van der Waals surface area contributed by atoms with Crippen LogP contribution in [0.1, 0.15) is 36.2 Å². The fourth-order valence-electron chi connectivity index (χ4n) is 3.13. The summed E-state index contributed by atoms with van der Waals surface area (Å²) in [5.74, 6) is 0.202. The van der Waals surface area contributed by atoms with E-state index in [-0.39, 0.29) is 5.92 Å². The van der Waals surface area contributed by atoms with Crippen LogP contribution in [-0.4, -0.2) is 22.6 Å². The van der Waals surface area contributed by atoms with Crippen LogP contribution >= 0.6 is 11.6 Å². The third-order valence-electron chi connectivity index (χ3n) is 4.47. The lowest BCUT2D eigenvalue weighted by Gasteiger charge is -2.19. The number of benzene rings is 1. The highest BCUT2D eigenvalue weighted by molar-refractivity contribution is 6.30. The lowest BCUT2D eigenvalue weighted by molar-refractivity contribution is 0.515. The second-order valence-corrected chi connectivity index (χ2v) is 6.97. The van der Waals surface area contributed by atoms with Crippen LogP contribution in [0.5, 0.6) is 0 Å². The smallest absolute Gasteiger partial charge is 0.0494 e. The van der Waals surface area contributed by atoms with Crippen LogP contribution in [0.2, 0.25) is 5.02 Å². The fraction of sp³-hybridized carbons (Fsp3) is 0.273. The van der Waals surface area contributed by atoms with Gasteiger partial charge in [0.05, 0.1) is 0 Å². The van der Waals surface area contributed by atoms with E-state index in [1.165, 1.54) is 5.56 Å². The Labute approximate surface area is 160 Å². The lowest BCUT2D eigenvalue weighted by atomic mass is 9.96. The van der Waals surface area contributed by atoms with E-state index in [1.54, 1.807) is 0 Å². The first kappa shape index (κ1) is 18.6. The molecular formula is C22H24ClN3. The molecule has 4 heteroatoms. The van der Waals surface area contributed by atoms with Crippen molar-refractivity contribution in [1.29, 1.82) is 0 Å². The van der Waals surface area contributed by atoms with Crippen LogP contribution in [0.3, 0.4) is 0 Å². The van der Waals surface area contributed by atoms with Crippen LogP contribution < -0.4 is 5.32 Å². The molecule has 0 bridgehead atoms. The topological polar surface area (TPSA) is 37.8 Å². The molecule has 0 spiro atoms. The quantitative estimate of drug-likeness (QED) is 0.618. The summed E-state index contributed by atoms with van der Waals surface area (Å²) in [6.45, 7) is 3.12. The second-order valence-electron chi connectivity index (χ2n) is 6.54. The van der Waals surface area contributed by atoms with Crippen LogP contribution in [0.4, 0.5) is 0 Å². The first-order chi connectivity index (χ1) is 12.7. The third kappa shape index (κ3) is 5.38. The molecule has 2 aromatic heterocycles. The summed E-state index contributed by atoms with van der Waals surface area (Å²) in [6.07, 6.45) is 5.64. The van der Waals surface area contributed by atoms with Crippen molar-refractivity contribution in [2.45, 2.75) is 31.7 Å². The third-order valence-corrected chi connectivity index (χ3v) is 4.72. The van der Waals surface area contributed by atoms with Gasteiger partial charge in [-0.3, -0.25) is 9.97 Å². The molecule has 26 heavy (non-hydrogen) atoms. The van der Waals surface area contributed by atoms with Gasteiger partial charge in [0.15, 0.2) is 0 Å². The molecule has 1 N–H and O–H groups in total. The van der Waals surface area contributed by atoms with E-state index in [9.17, 15) is 0 Å². The molecule has 3 rings (SSSR count). The summed E-state index contributed by atoms with van der Waals surface area (Å²) in [7, 11) is 0. The summed E-state index contributed by atoms with van der Waals surface area (Å²) in [5.41, 5.74) is 3.43. The Morgan fingerprint density at radius 1 is 0.885 bits per heavy atom. The molecule has 0 radical (unpaired) electrons. The maximum absolute atomic E-state index is 5.96. The lowest BCUT2D eigenvalue weighted by Crippen LogP contribution is -2.30. The van der Waals surface area contributed by atoms with Crippen molar-refractivity contribution in [1.82, 2.24) is 15.3 Å². The molecule has 1 unspecified atom stereocenters. The molecule has 3 aromatic rings. The Balaban J connectivity index is 1.58. The van der Waals surface area contributed by atoms with Crippen molar-refractivity contribution < 1.29 is 0 Å². The van der Waals surface area contributed by atoms with Crippen LogP contribution in [0, 0.1) is 0 Å². The van der Waals surface area contributed by atoms with E-state index in [2.05, 4.69) is 46.5 Å². The number of nitrogens with one attached hydrogen (secondary N) is 1. The van der Waals surface area contributed by atoms with E-state index in [0.29, 0.717) is 6.04 Å². The first-order valence-electron chi connectivity index (χ1n) is 9.02. The normalized spacial score (nSPS) is 12.3. The van der Waals surface area contributed by atoms with Gasteiger partial charge in [-0.25, -0.2) is 0 Å². The molecule has 0 aliphatic rings. The maximum Gasteiger partial charge on any atom is 0.0494 e. The van der Waals surface area contributed by atoms with Gasteiger partial charge in [0, 0.05) is 40.8 Å². The average molecular weight is 366 g/mol. The van der Waals surface area contributed by atoms with Gasteiger partial charge in [0.2, 0.25) is 0 Å². The van der Waals surface area contributed by atoms with Gasteiger partial charge >= 0.3 is 0 Å². The van der Waals surface area contributed by atoms with Gasteiger partial charge in [-0.2, -0.15) is 0 Å². The van der Waals surface area contributed by atoms with Gasteiger partial charge in [0.25, 0.3) is 0 Å². The summed E-state index contributed by atoms with van der Waals surface area (Å²) in [5, 5.41) is 4.41. The predicted molar refractivity (Wildman–Crippen MR) is 108 cm³/mol. The minimum atomic E-state index is 0.202. The molecule has 0 saturated carbocycles. The van der Waals surface area contributed by atoms with Crippen molar-refractivity contribution in [2.24, 2.45) is 0 Å². The zero-order valence-corrected chi connectivity index (χ0v) is 15.7. The highest BCUT2D eigenvalue weighted by Gasteiger charge is 2.16. The molecule has 0 aliphatic heterocycles. The fourth-order valence-corrected chi connectivity index (χ4v) is 3.26. The summed E-state index contributed by atoms with van der Waals surface area (Å²) in [4.78, 5) is 9.10. The number of nitrogens with zero attached hydrogens (tertiary/aromatic N) is 2. The molecule has 0 aliphatic carbocycles. The Bertz CT molecular complexity index is 736. The highest BCUT2D eigenvalue weighted by Crippen LogP contribution is 2.24. The SMILES string of the molecule is CC(Cc1ccc(Cl)cc1)NCCC(c1ccccn1)c1ccccn1. The van der Waals surface area contributed by atoms with Gasteiger partial charge in [-0.05, 0) is 68.3 Å². The molecule has 1 aromatic carbocycles. The molecule has 2 heterocycles. The van der Waals surface area contributed by atoms with Gasteiger partial charge in [-0.1, -0.05) is 35.9 Å². The van der Waals surface area contributed by atoms with Gasteiger partial charge < -0.3 is 5.32 Å². The largest absolute Gasteiger partial charge is 0.314 e. The standard InChI is InChI=1S/C22H24ClN3/c1-17(16-18-8-10-19(23)11-9-18)24-15-12-20(21-6-2-4-13-25-21)22-7-3-5-14-26-22/h2-11,13-14,17,20,24H,12,15-16H2,1H3. The highest BCUT2D eigenvalue weighted by atomic mass is 35.5. The van der Waals surface area contributed by atoms with E-state index in [0.717, 1.165) is 35.8 Å². The van der Waals surface area contributed by atoms with Crippen molar-refractivity contribution in [3.8, 4) is 0 Å². The number of halogens is 1. The number of aromatic nitrogens is 2. The number of pyridine rings is 2. The summed E-state index contributed by atoms with van der Waals surface area (Å²) in [6, 6.07) is 20.6. The minimum absolute atomic E-state index is 0.202. The number of hydrogen-bond donors (Lipinski definition) is 1. The molecule has 134 valence electrons. The molecule has 1 atom stereocenters. The Morgan fingerprint density at radius 2 is 1.50 bits per heavy atom. The summed E-state index contributed by atoms with van der Waals surface area (Å²) < 4.78 is 0. The zero-order valence-electron chi connectivity index (χ0n) is 15.0.